The normalized spacial score (nSPS) is 21.1. The third-order valence-corrected chi connectivity index (χ3v) is 7.08. The van der Waals surface area contributed by atoms with E-state index in [4.69, 9.17) is 17.0 Å². The minimum Gasteiger partial charge on any atom is -0.465 e. The van der Waals surface area contributed by atoms with E-state index in [9.17, 15) is 4.79 Å². The fourth-order valence-electron chi connectivity index (χ4n) is 5.26. The van der Waals surface area contributed by atoms with Gasteiger partial charge in [0.15, 0.2) is 5.11 Å². The highest BCUT2D eigenvalue weighted by Gasteiger charge is 2.44. The minimum atomic E-state index is -0.351. The molecule has 1 aromatic carbocycles. The largest absolute Gasteiger partial charge is 0.465 e. The lowest BCUT2D eigenvalue weighted by Gasteiger charge is -2.37. The van der Waals surface area contributed by atoms with Crippen LogP contribution in [0.15, 0.2) is 67.0 Å². The average molecular weight is 461 g/mol. The quantitative estimate of drug-likeness (QED) is 0.429. The fourth-order valence-corrected chi connectivity index (χ4v) is 5.64. The summed E-state index contributed by atoms with van der Waals surface area (Å²) in [4.78, 5) is 19.6. The van der Waals surface area contributed by atoms with E-state index in [0.717, 1.165) is 35.0 Å². The molecule has 170 valence electrons. The highest BCUT2D eigenvalue weighted by Crippen LogP contribution is 2.43. The molecule has 2 atom stereocenters. The Balaban J connectivity index is 1.63. The summed E-state index contributed by atoms with van der Waals surface area (Å²) >= 11 is 5.90. The topological polar surface area (TPSA) is 59.4 Å². The number of ether oxygens (including phenoxy) is 1. The van der Waals surface area contributed by atoms with Gasteiger partial charge in [-0.1, -0.05) is 37.5 Å². The smallest absolute Gasteiger partial charge is 0.339 e. The molecule has 7 heteroatoms. The van der Waals surface area contributed by atoms with Gasteiger partial charge in [-0.15, -0.1) is 0 Å². The van der Waals surface area contributed by atoms with Crippen molar-refractivity contribution in [1.29, 1.82) is 0 Å². The molecular weight excluding hydrogens is 432 g/mol. The van der Waals surface area contributed by atoms with E-state index in [1.807, 2.05) is 54.9 Å². The van der Waals surface area contributed by atoms with Crippen molar-refractivity contribution in [1.82, 2.24) is 19.8 Å². The van der Waals surface area contributed by atoms with Gasteiger partial charge in [-0.25, -0.2) is 4.79 Å². The van der Waals surface area contributed by atoms with Gasteiger partial charge in [0, 0.05) is 24.1 Å². The number of para-hydroxylation sites is 1. The molecule has 2 fully saturated rings. The monoisotopic (exact) mass is 460 g/mol. The van der Waals surface area contributed by atoms with E-state index in [1.165, 1.54) is 26.4 Å². The lowest BCUT2D eigenvalue weighted by atomic mass is 9.91. The molecule has 1 saturated carbocycles. The van der Waals surface area contributed by atoms with Gasteiger partial charge in [0.1, 0.15) is 0 Å². The number of pyridine rings is 1. The van der Waals surface area contributed by atoms with Crippen molar-refractivity contribution in [2.75, 3.05) is 7.11 Å². The van der Waals surface area contributed by atoms with Gasteiger partial charge < -0.3 is 19.5 Å². The lowest BCUT2D eigenvalue weighted by Crippen LogP contribution is -2.40. The minimum absolute atomic E-state index is 0.0452. The zero-order valence-corrected chi connectivity index (χ0v) is 19.5. The van der Waals surface area contributed by atoms with E-state index < -0.39 is 0 Å². The van der Waals surface area contributed by atoms with Crippen LogP contribution in [0, 0.1) is 0 Å². The van der Waals surface area contributed by atoms with Gasteiger partial charge in [0.05, 0.1) is 36.1 Å². The first-order valence-electron chi connectivity index (χ1n) is 11.5. The van der Waals surface area contributed by atoms with E-state index in [2.05, 4.69) is 25.8 Å². The molecule has 3 aromatic rings. The molecular formula is C26H28N4O2S. The van der Waals surface area contributed by atoms with Gasteiger partial charge in [0.25, 0.3) is 0 Å². The van der Waals surface area contributed by atoms with Crippen LogP contribution in [0.2, 0.25) is 0 Å². The van der Waals surface area contributed by atoms with E-state index in [0.29, 0.717) is 11.6 Å². The van der Waals surface area contributed by atoms with Crippen LogP contribution in [0.3, 0.4) is 0 Å². The first kappa shape index (κ1) is 21.6. The van der Waals surface area contributed by atoms with Crippen molar-refractivity contribution >= 4 is 23.3 Å². The molecule has 0 unspecified atom stereocenters. The maximum absolute atomic E-state index is 12.5. The van der Waals surface area contributed by atoms with Crippen LogP contribution < -0.4 is 5.32 Å². The second kappa shape index (κ2) is 9.35. The van der Waals surface area contributed by atoms with Crippen LogP contribution in [-0.2, 0) is 4.74 Å². The van der Waals surface area contributed by atoms with Crippen LogP contribution in [-0.4, -0.2) is 38.7 Å². The first-order chi connectivity index (χ1) is 16.2. The molecule has 0 amide bonds. The number of hydrogen-bond donors (Lipinski definition) is 1. The summed E-state index contributed by atoms with van der Waals surface area (Å²) in [6.45, 7) is 0. The van der Waals surface area contributed by atoms with Crippen molar-refractivity contribution in [2.45, 2.75) is 50.2 Å². The van der Waals surface area contributed by atoms with Gasteiger partial charge in [-0.05, 0) is 61.5 Å². The molecule has 0 bridgehead atoms. The number of thiocarbonyl (C=S) groups is 1. The van der Waals surface area contributed by atoms with E-state index in [1.54, 1.807) is 6.07 Å². The molecule has 1 saturated heterocycles. The van der Waals surface area contributed by atoms with Crippen molar-refractivity contribution in [3.8, 4) is 5.69 Å². The Kier molecular flexibility index (Phi) is 6.13. The number of aromatic nitrogens is 2. The third kappa shape index (κ3) is 4.02. The molecule has 0 spiro atoms. The molecule has 2 aliphatic rings. The number of benzene rings is 1. The predicted octanol–water partition coefficient (Wildman–Crippen LogP) is 4.96. The van der Waals surface area contributed by atoms with Crippen molar-refractivity contribution in [3.63, 3.8) is 0 Å². The molecule has 3 heterocycles. The zero-order valence-electron chi connectivity index (χ0n) is 18.7. The fraction of sp³-hybridized carbons (Fsp3) is 0.346. The summed E-state index contributed by atoms with van der Waals surface area (Å²) in [7, 11) is 1.41. The number of nitrogens with one attached hydrogen (secondary N) is 1. The second-order valence-corrected chi connectivity index (χ2v) is 9.02. The number of hydrogen-bond acceptors (Lipinski definition) is 4. The van der Waals surface area contributed by atoms with Crippen molar-refractivity contribution in [3.05, 3.63) is 83.9 Å². The summed E-state index contributed by atoms with van der Waals surface area (Å²) in [6, 6.07) is 18.0. The van der Waals surface area contributed by atoms with Crippen LogP contribution in [0.1, 0.15) is 65.9 Å². The number of nitrogens with zero attached hydrogens (tertiary/aromatic N) is 3. The van der Waals surface area contributed by atoms with Crippen molar-refractivity contribution < 1.29 is 9.53 Å². The SMILES string of the molecule is COC(=O)c1ccccc1-n1cccc1[C@@H]1[C@@H](c2ccccn2)NC(=S)N1C1CCCCC1. The Morgan fingerprint density at radius 2 is 1.85 bits per heavy atom. The summed E-state index contributed by atoms with van der Waals surface area (Å²) < 4.78 is 7.15. The maximum atomic E-state index is 12.5. The number of carbonyl (C=O) groups is 1. The molecule has 2 aromatic heterocycles. The Labute approximate surface area is 199 Å². The molecule has 1 aliphatic heterocycles. The number of methoxy groups -OCH3 is 1. The van der Waals surface area contributed by atoms with Crippen LogP contribution in [0.4, 0.5) is 0 Å². The lowest BCUT2D eigenvalue weighted by molar-refractivity contribution is 0.0600. The summed E-state index contributed by atoms with van der Waals surface area (Å²) in [6.07, 6.45) is 9.81. The Morgan fingerprint density at radius 3 is 2.61 bits per heavy atom. The van der Waals surface area contributed by atoms with Crippen molar-refractivity contribution in [2.24, 2.45) is 0 Å². The Bertz CT molecular complexity index is 1140. The van der Waals surface area contributed by atoms with Crippen LogP contribution in [0.25, 0.3) is 5.69 Å². The Hall–Kier alpha value is -3.19. The predicted molar refractivity (Wildman–Crippen MR) is 131 cm³/mol. The van der Waals surface area contributed by atoms with Crippen LogP contribution in [0.5, 0.6) is 0 Å². The number of carbonyl (C=O) groups excluding carboxylic acids is 1. The second-order valence-electron chi connectivity index (χ2n) is 8.64. The molecule has 1 N–H and O–H groups in total. The summed E-state index contributed by atoms with van der Waals surface area (Å²) in [5.41, 5.74) is 3.35. The third-order valence-electron chi connectivity index (χ3n) is 6.76. The molecule has 1 aliphatic carbocycles. The van der Waals surface area contributed by atoms with E-state index >= 15 is 0 Å². The van der Waals surface area contributed by atoms with Gasteiger partial charge >= 0.3 is 5.97 Å². The summed E-state index contributed by atoms with van der Waals surface area (Å²) in [5, 5.41) is 4.35. The molecule has 33 heavy (non-hydrogen) atoms. The highest BCUT2D eigenvalue weighted by atomic mass is 32.1. The van der Waals surface area contributed by atoms with Gasteiger partial charge in [-0.3, -0.25) is 4.98 Å². The Morgan fingerprint density at radius 1 is 1.06 bits per heavy atom. The average Bonchev–Trinajstić information content (AvgIpc) is 3.48. The summed E-state index contributed by atoms with van der Waals surface area (Å²) in [5.74, 6) is -0.351. The molecule has 6 nitrogen and oxygen atoms in total. The maximum Gasteiger partial charge on any atom is 0.339 e. The van der Waals surface area contributed by atoms with E-state index in [-0.39, 0.29) is 18.1 Å². The zero-order chi connectivity index (χ0) is 22.8. The van der Waals surface area contributed by atoms with Crippen LogP contribution >= 0.6 is 12.2 Å². The number of esters is 1. The standard InChI is InChI=1S/C26H28N4O2S/c1-32-25(31)19-12-5-6-14-21(19)29-17-9-15-22(29)24-23(20-13-7-8-16-27-20)28-26(33)30(24)18-10-3-2-4-11-18/h5-9,12-18,23-24H,2-4,10-11H2,1H3,(H,28,33)/t23-,24-/m1/s1. The molecule has 0 radical (unpaired) electrons. The van der Waals surface area contributed by atoms with Gasteiger partial charge in [-0.2, -0.15) is 0 Å². The highest BCUT2D eigenvalue weighted by molar-refractivity contribution is 7.80. The first-order valence-corrected chi connectivity index (χ1v) is 11.9. The molecule has 5 rings (SSSR count). The number of rotatable bonds is 5. The van der Waals surface area contributed by atoms with Gasteiger partial charge in [0.2, 0.25) is 0 Å².